The number of rotatable bonds is 3. The molecule has 5 heteroatoms. The van der Waals surface area contributed by atoms with Crippen LogP contribution in [0.15, 0.2) is 20.2 Å². The number of aliphatic imine (C=N–C) groups is 2. The molecule has 13 heavy (non-hydrogen) atoms. The normalized spacial score (nSPS) is 20.5. The van der Waals surface area contributed by atoms with E-state index < -0.39 is 0 Å². The van der Waals surface area contributed by atoms with Gasteiger partial charge in [0.15, 0.2) is 0 Å². The van der Waals surface area contributed by atoms with Crippen LogP contribution >= 0.6 is 0 Å². The van der Waals surface area contributed by atoms with E-state index in [1.54, 1.807) is 6.34 Å². The third kappa shape index (κ3) is 2.20. The second-order valence-electron chi connectivity index (χ2n) is 2.84. The van der Waals surface area contributed by atoms with Gasteiger partial charge in [-0.2, -0.15) is 0 Å². The molecule has 2 heterocycles. The molecular formula is C8H10IN4-. The van der Waals surface area contributed by atoms with Crippen molar-refractivity contribution in [1.29, 1.82) is 0 Å². The van der Waals surface area contributed by atoms with Crippen LogP contribution in [0.3, 0.4) is 0 Å². The second-order valence-corrected chi connectivity index (χ2v) is 5.16. The number of nitrogens with zero attached hydrogens (tertiary/aromatic N) is 4. The Labute approximate surface area is 87.2 Å². The monoisotopic (exact) mass is 289 g/mol. The molecule has 0 bridgehead atoms. The predicted octanol–water partition coefficient (Wildman–Crippen LogP) is -2.26. The van der Waals surface area contributed by atoms with Crippen LogP contribution < -0.4 is 21.2 Å². The molecule has 2 aliphatic heterocycles. The summed E-state index contributed by atoms with van der Waals surface area (Å²) in [5, 5.41) is 8.28. The van der Waals surface area contributed by atoms with Crippen LogP contribution in [0.25, 0.3) is 0 Å². The van der Waals surface area contributed by atoms with E-state index in [-0.39, 0.29) is 21.2 Å². The van der Waals surface area contributed by atoms with E-state index in [2.05, 4.69) is 25.1 Å². The fraction of sp³-hybridized carbons (Fsp3) is 0.500. The Hall–Kier alpha value is -0.590. The average molecular weight is 289 g/mol. The summed E-state index contributed by atoms with van der Waals surface area (Å²) in [5.41, 5.74) is 2.27. The van der Waals surface area contributed by atoms with Crippen LogP contribution in [-0.4, -0.2) is 33.0 Å². The maximum atomic E-state index is 4.15. The zero-order valence-electron chi connectivity index (χ0n) is 7.37. The van der Waals surface area contributed by atoms with Gasteiger partial charge >= 0.3 is 87.2 Å². The molecule has 2 aliphatic rings. The van der Waals surface area contributed by atoms with Crippen LogP contribution in [0, 0.1) is 0 Å². The molecule has 0 aliphatic carbocycles. The molecule has 0 N–H and O–H groups in total. The van der Waals surface area contributed by atoms with E-state index in [1.165, 1.54) is 3.72 Å². The molecule has 70 valence electrons. The number of hydrogen-bond acceptors (Lipinski definition) is 4. The molecule has 0 saturated heterocycles. The average Bonchev–Trinajstić information content (AvgIpc) is 2.76. The van der Waals surface area contributed by atoms with Crippen LogP contribution in [0.4, 0.5) is 0 Å². The van der Waals surface area contributed by atoms with Gasteiger partial charge in [-0.1, -0.05) is 0 Å². The summed E-state index contributed by atoms with van der Waals surface area (Å²) in [6.45, 7) is 0.746. The van der Waals surface area contributed by atoms with E-state index in [1.807, 2.05) is 0 Å². The Balaban J connectivity index is 1.86. The minimum absolute atomic E-state index is 0.122. The van der Waals surface area contributed by atoms with Gasteiger partial charge in [0.1, 0.15) is 0 Å². The summed E-state index contributed by atoms with van der Waals surface area (Å²) in [6.07, 6.45) is 3.46. The molecule has 4 nitrogen and oxygen atoms in total. The van der Waals surface area contributed by atoms with E-state index in [0.717, 1.165) is 30.8 Å². The molecule has 0 aromatic heterocycles. The Bertz CT molecular complexity index is 327. The van der Waals surface area contributed by atoms with Gasteiger partial charge in [-0.05, 0) is 0 Å². The Morgan fingerprint density at radius 1 is 1.38 bits per heavy atom. The summed E-state index contributed by atoms with van der Waals surface area (Å²) in [6, 6.07) is 0. The first-order valence-corrected chi connectivity index (χ1v) is 7.27. The van der Waals surface area contributed by atoms with E-state index >= 15 is 0 Å². The van der Waals surface area contributed by atoms with Crippen LogP contribution in [-0.2, 0) is 0 Å². The quantitative estimate of drug-likeness (QED) is 0.416. The second kappa shape index (κ2) is 4.08. The third-order valence-corrected chi connectivity index (χ3v) is 3.71. The molecule has 0 radical (unpaired) electrons. The van der Waals surface area contributed by atoms with Gasteiger partial charge in [-0.25, -0.2) is 0 Å². The van der Waals surface area contributed by atoms with Gasteiger partial charge in [0.25, 0.3) is 0 Å². The van der Waals surface area contributed by atoms with Crippen LogP contribution in [0.2, 0.25) is 0 Å². The summed E-state index contributed by atoms with van der Waals surface area (Å²) in [7, 11) is 0. The molecule has 2 rings (SSSR count). The van der Waals surface area contributed by atoms with Crippen molar-refractivity contribution in [3.63, 3.8) is 0 Å². The molecule has 0 aromatic carbocycles. The SMILES string of the molecule is C[I-]C1=NN=C(CC2=NC=NC2)C1. The van der Waals surface area contributed by atoms with Crippen molar-refractivity contribution in [2.24, 2.45) is 20.2 Å². The van der Waals surface area contributed by atoms with Crippen LogP contribution in [0.1, 0.15) is 12.8 Å². The van der Waals surface area contributed by atoms with Crippen molar-refractivity contribution in [2.45, 2.75) is 12.8 Å². The Morgan fingerprint density at radius 2 is 2.31 bits per heavy atom. The molecule has 0 fully saturated rings. The molecule has 0 aromatic rings. The van der Waals surface area contributed by atoms with E-state index in [9.17, 15) is 0 Å². The van der Waals surface area contributed by atoms with Crippen molar-refractivity contribution >= 4 is 21.5 Å². The zero-order chi connectivity index (χ0) is 9.10. The minimum atomic E-state index is 0.122. The fourth-order valence-electron chi connectivity index (χ4n) is 1.21. The summed E-state index contributed by atoms with van der Waals surface area (Å²) in [5.74, 6) is 0. The van der Waals surface area contributed by atoms with Gasteiger partial charge in [0.05, 0.1) is 0 Å². The van der Waals surface area contributed by atoms with Crippen molar-refractivity contribution in [3.8, 4) is 0 Å². The zero-order valence-corrected chi connectivity index (χ0v) is 9.52. The van der Waals surface area contributed by atoms with Crippen molar-refractivity contribution in [3.05, 3.63) is 0 Å². The molecule has 0 saturated carbocycles. The first-order valence-electron chi connectivity index (χ1n) is 4.04. The summed E-state index contributed by atoms with van der Waals surface area (Å²) in [4.78, 5) is 10.4. The number of halogens is 1. The van der Waals surface area contributed by atoms with E-state index in [4.69, 9.17) is 0 Å². The first-order chi connectivity index (χ1) is 6.38. The van der Waals surface area contributed by atoms with Crippen LogP contribution in [0.5, 0.6) is 0 Å². The predicted molar refractivity (Wildman–Crippen MR) is 50.8 cm³/mol. The standard InChI is InChI=1S/C8H10IN4/c1-9-8-3-6(12-13-8)2-7-4-10-5-11-7/h5H,2-4H2,1H3/q-1. The third-order valence-electron chi connectivity index (χ3n) is 1.87. The van der Waals surface area contributed by atoms with Gasteiger partial charge in [0, 0.05) is 0 Å². The van der Waals surface area contributed by atoms with Gasteiger partial charge in [0.2, 0.25) is 0 Å². The number of hydrogen-bond donors (Lipinski definition) is 0. The Morgan fingerprint density at radius 3 is 2.92 bits per heavy atom. The molecule has 0 atom stereocenters. The van der Waals surface area contributed by atoms with Gasteiger partial charge < -0.3 is 0 Å². The summed E-state index contributed by atoms with van der Waals surface area (Å²) >= 11 is 0.122. The van der Waals surface area contributed by atoms with E-state index in [0.29, 0.717) is 0 Å². The Kier molecular flexibility index (Phi) is 2.82. The molecular weight excluding hydrogens is 279 g/mol. The molecule has 0 unspecified atom stereocenters. The first kappa shape index (κ1) is 8.98. The van der Waals surface area contributed by atoms with Crippen molar-refractivity contribution in [1.82, 2.24) is 0 Å². The van der Waals surface area contributed by atoms with Crippen molar-refractivity contribution < 1.29 is 21.2 Å². The molecule has 0 amide bonds. The van der Waals surface area contributed by atoms with Crippen molar-refractivity contribution in [2.75, 3.05) is 11.5 Å². The maximum absolute atomic E-state index is 4.15. The number of alkyl halides is 1. The fourth-order valence-corrected chi connectivity index (χ4v) is 2.36. The molecule has 0 spiro atoms. The van der Waals surface area contributed by atoms with Gasteiger partial charge in [-0.3, -0.25) is 0 Å². The topological polar surface area (TPSA) is 49.4 Å². The van der Waals surface area contributed by atoms with Gasteiger partial charge in [-0.15, -0.1) is 0 Å². The summed E-state index contributed by atoms with van der Waals surface area (Å²) < 4.78 is 1.29.